The zero-order valence-electron chi connectivity index (χ0n) is 10.5. The number of methoxy groups -OCH3 is 1. The van der Waals surface area contributed by atoms with Gasteiger partial charge in [0.25, 0.3) is 5.91 Å². The quantitative estimate of drug-likeness (QED) is 0.812. The van der Waals surface area contributed by atoms with E-state index < -0.39 is 0 Å². The predicted molar refractivity (Wildman–Crippen MR) is 84.5 cm³/mol. The van der Waals surface area contributed by atoms with E-state index in [9.17, 15) is 9.90 Å². The second kappa shape index (κ2) is 6.28. The number of halogens is 2. The Morgan fingerprint density at radius 1 is 1.20 bits per heavy atom. The van der Waals surface area contributed by atoms with Gasteiger partial charge in [0.05, 0.1) is 17.1 Å². The van der Waals surface area contributed by atoms with Crippen LogP contribution < -0.4 is 10.1 Å². The molecule has 0 fully saturated rings. The molecule has 4 nitrogen and oxygen atoms in total. The maximum atomic E-state index is 12.1. The molecule has 0 atom stereocenters. The molecule has 104 valence electrons. The van der Waals surface area contributed by atoms with Crippen molar-refractivity contribution in [2.24, 2.45) is 0 Å². The zero-order chi connectivity index (χ0) is 14.7. The largest absolute Gasteiger partial charge is 0.507 e. The van der Waals surface area contributed by atoms with Crippen LogP contribution in [-0.4, -0.2) is 18.1 Å². The van der Waals surface area contributed by atoms with Gasteiger partial charge in [-0.1, -0.05) is 15.9 Å². The number of carbonyl (C=O) groups is 1. The minimum absolute atomic E-state index is 0.0825. The average Bonchev–Trinajstić information content (AvgIpc) is 2.40. The lowest BCUT2D eigenvalue weighted by atomic mass is 10.2. The first kappa shape index (κ1) is 14.9. The molecule has 0 aromatic heterocycles. The van der Waals surface area contributed by atoms with Gasteiger partial charge in [0.2, 0.25) is 0 Å². The Hall–Kier alpha value is -1.53. The van der Waals surface area contributed by atoms with Crippen LogP contribution in [0.1, 0.15) is 10.4 Å². The summed E-state index contributed by atoms with van der Waals surface area (Å²) >= 11 is 6.56. The van der Waals surface area contributed by atoms with E-state index in [0.29, 0.717) is 15.9 Å². The molecule has 2 aromatic carbocycles. The van der Waals surface area contributed by atoms with Gasteiger partial charge in [-0.15, -0.1) is 0 Å². The highest BCUT2D eigenvalue weighted by atomic mass is 79.9. The predicted octanol–water partition coefficient (Wildman–Crippen LogP) is 4.18. The Labute approximate surface area is 133 Å². The summed E-state index contributed by atoms with van der Waals surface area (Å²) in [4.78, 5) is 12.1. The molecule has 0 unspecified atom stereocenters. The van der Waals surface area contributed by atoms with Crippen molar-refractivity contribution in [1.29, 1.82) is 0 Å². The van der Waals surface area contributed by atoms with Crippen molar-refractivity contribution in [1.82, 2.24) is 0 Å². The summed E-state index contributed by atoms with van der Waals surface area (Å²) < 4.78 is 6.66. The average molecular weight is 401 g/mol. The Bertz CT molecular complexity index is 659. The van der Waals surface area contributed by atoms with Gasteiger partial charge in [-0.05, 0) is 46.3 Å². The van der Waals surface area contributed by atoms with Crippen molar-refractivity contribution in [2.45, 2.75) is 0 Å². The molecule has 0 aliphatic heterocycles. The Morgan fingerprint density at radius 3 is 2.60 bits per heavy atom. The monoisotopic (exact) mass is 399 g/mol. The number of carbonyl (C=O) groups excluding carboxylic acids is 1. The van der Waals surface area contributed by atoms with Gasteiger partial charge in [0.1, 0.15) is 11.5 Å². The molecule has 0 heterocycles. The van der Waals surface area contributed by atoms with Gasteiger partial charge in [0.15, 0.2) is 0 Å². The molecule has 0 bridgehead atoms. The fourth-order valence-corrected chi connectivity index (χ4v) is 2.39. The third-order valence-corrected chi connectivity index (χ3v) is 3.76. The van der Waals surface area contributed by atoms with Crippen LogP contribution in [0.5, 0.6) is 11.5 Å². The van der Waals surface area contributed by atoms with Crippen molar-refractivity contribution < 1.29 is 14.6 Å². The van der Waals surface area contributed by atoms with E-state index in [2.05, 4.69) is 37.2 Å². The molecule has 2 N–H and O–H groups in total. The minimum atomic E-state index is -0.389. The first-order valence-corrected chi connectivity index (χ1v) is 7.23. The summed E-state index contributed by atoms with van der Waals surface area (Å²) in [6.07, 6.45) is 0. The number of ether oxygens (including phenoxy) is 1. The van der Waals surface area contributed by atoms with E-state index in [4.69, 9.17) is 4.74 Å². The van der Waals surface area contributed by atoms with Crippen molar-refractivity contribution in [3.8, 4) is 11.5 Å². The third kappa shape index (κ3) is 3.32. The highest BCUT2D eigenvalue weighted by Crippen LogP contribution is 2.29. The van der Waals surface area contributed by atoms with Gasteiger partial charge in [-0.25, -0.2) is 0 Å². The van der Waals surface area contributed by atoms with E-state index in [0.717, 1.165) is 4.47 Å². The number of amides is 1. The fraction of sp³-hybridized carbons (Fsp3) is 0.0714. The second-order valence-electron chi connectivity index (χ2n) is 3.96. The summed E-state index contributed by atoms with van der Waals surface area (Å²) in [6.45, 7) is 0. The minimum Gasteiger partial charge on any atom is -0.507 e. The topological polar surface area (TPSA) is 58.6 Å². The fourth-order valence-electron chi connectivity index (χ4n) is 1.63. The number of aromatic hydroxyl groups is 1. The first-order chi connectivity index (χ1) is 9.51. The number of nitrogens with one attached hydrogen (secondary N) is 1. The third-order valence-electron chi connectivity index (χ3n) is 2.61. The Morgan fingerprint density at radius 2 is 1.95 bits per heavy atom. The van der Waals surface area contributed by atoms with Crippen LogP contribution in [0, 0.1) is 0 Å². The smallest absolute Gasteiger partial charge is 0.259 e. The maximum absolute atomic E-state index is 12.1. The number of phenols is 1. The number of rotatable bonds is 3. The lowest BCUT2D eigenvalue weighted by molar-refractivity contribution is 0.102. The van der Waals surface area contributed by atoms with E-state index in [-0.39, 0.29) is 17.2 Å². The van der Waals surface area contributed by atoms with Crippen LogP contribution in [0.3, 0.4) is 0 Å². The number of benzene rings is 2. The normalized spacial score (nSPS) is 10.2. The molecular formula is C14H11Br2NO3. The van der Waals surface area contributed by atoms with Crippen LogP contribution in [0.4, 0.5) is 5.69 Å². The molecule has 0 radical (unpaired) electrons. The van der Waals surface area contributed by atoms with Crippen LogP contribution in [0.15, 0.2) is 45.3 Å². The molecular weight excluding hydrogens is 390 g/mol. The summed E-state index contributed by atoms with van der Waals surface area (Å²) in [5.41, 5.74) is 0.785. The summed E-state index contributed by atoms with van der Waals surface area (Å²) in [7, 11) is 1.55. The number of hydrogen-bond acceptors (Lipinski definition) is 3. The van der Waals surface area contributed by atoms with Gasteiger partial charge in [-0.3, -0.25) is 4.79 Å². The van der Waals surface area contributed by atoms with Crippen LogP contribution in [0.2, 0.25) is 0 Å². The lowest BCUT2D eigenvalue weighted by Crippen LogP contribution is -2.12. The lowest BCUT2D eigenvalue weighted by Gasteiger charge is -2.09. The van der Waals surface area contributed by atoms with Crippen molar-refractivity contribution in [3.05, 3.63) is 50.9 Å². The highest BCUT2D eigenvalue weighted by Gasteiger charge is 2.12. The van der Waals surface area contributed by atoms with E-state index >= 15 is 0 Å². The van der Waals surface area contributed by atoms with E-state index in [1.165, 1.54) is 6.07 Å². The molecule has 0 spiro atoms. The van der Waals surface area contributed by atoms with E-state index in [1.54, 1.807) is 37.4 Å². The van der Waals surface area contributed by atoms with Crippen LogP contribution in [0.25, 0.3) is 0 Å². The molecule has 20 heavy (non-hydrogen) atoms. The maximum Gasteiger partial charge on any atom is 0.259 e. The van der Waals surface area contributed by atoms with Gasteiger partial charge >= 0.3 is 0 Å². The molecule has 2 aromatic rings. The van der Waals surface area contributed by atoms with Gasteiger partial charge in [0, 0.05) is 16.2 Å². The number of hydrogen-bond donors (Lipinski definition) is 2. The molecule has 0 saturated carbocycles. The molecule has 0 aliphatic rings. The molecule has 2 rings (SSSR count). The summed E-state index contributed by atoms with van der Waals surface area (Å²) in [6, 6.07) is 9.91. The van der Waals surface area contributed by atoms with E-state index in [1.807, 2.05) is 0 Å². The highest BCUT2D eigenvalue weighted by molar-refractivity contribution is 9.10. The second-order valence-corrected chi connectivity index (χ2v) is 5.73. The Kier molecular flexibility index (Phi) is 4.67. The SMILES string of the molecule is COc1cc(NC(=O)c2ccc(Br)cc2O)ccc1Br. The standard InChI is InChI=1S/C14H11Br2NO3/c1-20-13-7-9(3-5-11(13)16)17-14(19)10-4-2-8(15)6-12(10)18/h2-7,18H,1H3,(H,17,19). The summed E-state index contributed by atoms with van der Waals surface area (Å²) in [5.74, 6) is 0.142. The molecule has 6 heteroatoms. The van der Waals surface area contributed by atoms with Gasteiger partial charge < -0.3 is 15.2 Å². The molecule has 0 aliphatic carbocycles. The zero-order valence-corrected chi connectivity index (χ0v) is 13.7. The summed E-state index contributed by atoms with van der Waals surface area (Å²) in [5, 5.41) is 12.5. The number of anilines is 1. The van der Waals surface area contributed by atoms with Gasteiger partial charge in [-0.2, -0.15) is 0 Å². The van der Waals surface area contributed by atoms with Crippen LogP contribution >= 0.6 is 31.9 Å². The van der Waals surface area contributed by atoms with Crippen LogP contribution in [-0.2, 0) is 0 Å². The number of phenolic OH excluding ortho intramolecular Hbond substituents is 1. The Balaban J connectivity index is 2.23. The van der Waals surface area contributed by atoms with Crippen molar-refractivity contribution in [2.75, 3.05) is 12.4 Å². The molecule has 0 saturated heterocycles. The molecule has 1 amide bonds. The van der Waals surface area contributed by atoms with Crippen molar-refractivity contribution >= 4 is 43.5 Å². The van der Waals surface area contributed by atoms with Crippen molar-refractivity contribution in [3.63, 3.8) is 0 Å². The first-order valence-electron chi connectivity index (χ1n) is 5.64.